The zero-order valence-electron chi connectivity index (χ0n) is 12.2. The molecular formula is C16H18O3S. The van der Waals surface area contributed by atoms with Gasteiger partial charge in [0.15, 0.2) is 9.84 Å². The van der Waals surface area contributed by atoms with Crippen LogP contribution in [0.1, 0.15) is 18.4 Å². The lowest BCUT2D eigenvalue weighted by atomic mass is 10.0. The fourth-order valence-electron chi connectivity index (χ4n) is 1.95. The van der Waals surface area contributed by atoms with Crippen LogP contribution in [-0.4, -0.2) is 25.9 Å². The molecule has 0 saturated heterocycles. The number of aliphatic hydroxyl groups excluding tert-OH is 1. The molecule has 0 fully saturated rings. The lowest BCUT2D eigenvalue weighted by molar-refractivity contribution is 0.273. The summed E-state index contributed by atoms with van der Waals surface area (Å²) in [5.74, 6) is -0.766. The third-order valence-electron chi connectivity index (χ3n) is 3.12. The molecule has 0 radical (unpaired) electrons. The second-order valence-electron chi connectivity index (χ2n) is 4.69. The molecule has 0 saturated carbocycles. The van der Waals surface area contributed by atoms with Gasteiger partial charge in [0.05, 0.1) is 17.2 Å². The molecule has 0 aliphatic rings. The Bertz CT molecular complexity index is 681. The molecule has 2 aromatic rings. The topological polar surface area (TPSA) is 54.4 Å². The van der Waals surface area contributed by atoms with Crippen molar-refractivity contribution in [2.24, 2.45) is 0 Å². The highest BCUT2D eigenvalue weighted by Crippen LogP contribution is 2.21. The highest BCUT2D eigenvalue weighted by Gasteiger charge is 2.22. The van der Waals surface area contributed by atoms with E-state index in [9.17, 15) is 13.5 Å². The number of aliphatic hydroxyl groups is 1. The normalized spacial score (nSPS) is 15.4. The first-order chi connectivity index (χ1) is 9.96. The molecule has 20 heavy (non-hydrogen) atoms. The van der Waals surface area contributed by atoms with E-state index in [1.807, 2.05) is 13.0 Å². The summed E-state index contributed by atoms with van der Waals surface area (Å²) in [6.45, 7) is 1.48. The molecule has 2 unspecified atom stereocenters. The summed E-state index contributed by atoms with van der Waals surface area (Å²) in [4.78, 5) is 0.113. The molecule has 0 heterocycles. The number of sulfone groups is 1. The molecular weight excluding hydrogens is 272 g/mol. The van der Waals surface area contributed by atoms with E-state index in [0.717, 1.165) is 5.56 Å². The Hall–Kier alpha value is -1.65. The van der Waals surface area contributed by atoms with Gasteiger partial charge in [-0.1, -0.05) is 48.0 Å². The first-order valence-corrected chi connectivity index (χ1v) is 7.90. The van der Waals surface area contributed by atoms with Crippen molar-refractivity contribution in [2.75, 3.05) is 12.3 Å². The summed E-state index contributed by atoms with van der Waals surface area (Å²) in [5, 5.41) is 9.52. The Morgan fingerprint density at radius 1 is 1.10 bits per heavy atom. The fraction of sp³-hybridized carbons (Fsp3) is 0.250. The summed E-state index contributed by atoms with van der Waals surface area (Å²) >= 11 is 0. The Morgan fingerprint density at radius 3 is 2.25 bits per heavy atom. The Kier molecular flexibility index (Phi) is 4.14. The first kappa shape index (κ1) is 13.3. The SMILES string of the molecule is [2H]C(C(CO)c1ccccc1)S(=O)(=O)c1ccc(C)cc1. The third-order valence-corrected chi connectivity index (χ3v) is 4.73. The highest BCUT2D eigenvalue weighted by atomic mass is 32.2. The lowest BCUT2D eigenvalue weighted by Gasteiger charge is -2.15. The van der Waals surface area contributed by atoms with Crippen LogP contribution in [0.3, 0.4) is 0 Å². The largest absolute Gasteiger partial charge is 0.396 e. The van der Waals surface area contributed by atoms with Crippen molar-refractivity contribution < 1.29 is 14.9 Å². The monoisotopic (exact) mass is 291 g/mol. The van der Waals surface area contributed by atoms with Gasteiger partial charge in [-0.3, -0.25) is 0 Å². The van der Waals surface area contributed by atoms with Crippen LogP contribution in [0.4, 0.5) is 0 Å². The van der Waals surface area contributed by atoms with Crippen molar-refractivity contribution in [1.82, 2.24) is 0 Å². The Morgan fingerprint density at radius 2 is 1.70 bits per heavy atom. The van der Waals surface area contributed by atoms with E-state index in [0.29, 0.717) is 5.56 Å². The smallest absolute Gasteiger partial charge is 0.179 e. The van der Waals surface area contributed by atoms with Crippen molar-refractivity contribution in [3.05, 3.63) is 65.7 Å². The van der Waals surface area contributed by atoms with Crippen LogP contribution < -0.4 is 0 Å². The maximum absolute atomic E-state index is 12.5. The number of rotatable bonds is 5. The van der Waals surface area contributed by atoms with Crippen LogP contribution in [0, 0.1) is 6.92 Å². The van der Waals surface area contributed by atoms with Gasteiger partial charge < -0.3 is 5.11 Å². The van der Waals surface area contributed by atoms with Crippen molar-refractivity contribution in [3.63, 3.8) is 0 Å². The fourth-order valence-corrected chi connectivity index (χ4v) is 3.30. The molecule has 0 amide bonds. The molecule has 0 bridgehead atoms. The third kappa shape index (κ3) is 3.46. The molecule has 2 rings (SSSR count). The zero-order chi connectivity index (χ0) is 15.5. The van der Waals surface area contributed by atoms with Crippen molar-refractivity contribution in [2.45, 2.75) is 17.7 Å². The molecule has 2 atom stereocenters. The van der Waals surface area contributed by atoms with E-state index < -0.39 is 21.5 Å². The summed E-state index contributed by atoms with van der Waals surface area (Å²) in [5.41, 5.74) is 0.167. The van der Waals surface area contributed by atoms with E-state index in [1.54, 1.807) is 36.4 Å². The maximum atomic E-state index is 12.5. The van der Waals surface area contributed by atoms with Gasteiger partial charge in [-0.25, -0.2) is 8.42 Å². The van der Waals surface area contributed by atoms with Gasteiger partial charge in [-0.2, -0.15) is 0 Å². The summed E-state index contributed by atoms with van der Waals surface area (Å²) in [6, 6.07) is 15.2. The van der Waals surface area contributed by atoms with Crippen LogP contribution >= 0.6 is 0 Å². The van der Waals surface area contributed by atoms with Gasteiger partial charge in [-0.15, -0.1) is 0 Å². The molecule has 2 aromatic carbocycles. The molecule has 0 aliphatic heterocycles. The second-order valence-corrected chi connectivity index (χ2v) is 6.53. The minimum Gasteiger partial charge on any atom is -0.396 e. The van der Waals surface area contributed by atoms with E-state index >= 15 is 0 Å². The predicted molar refractivity (Wildman–Crippen MR) is 79.5 cm³/mol. The first-order valence-electron chi connectivity index (χ1n) is 6.93. The predicted octanol–water partition coefficient (Wildman–Crippen LogP) is 2.54. The molecule has 1 N–H and O–H groups in total. The molecule has 0 aliphatic carbocycles. The van der Waals surface area contributed by atoms with Gasteiger partial charge in [0.25, 0.3) is 0 Å². The van der Waals surface area contributed by atoms with E-state index in [-0.39, 0.29) is 11.5 Å². The Balaban J connectivity index is 2.36. The van der Waals surface area contributed by atoms with Gasteiger partial charge >= 0.3 is 0 Å². The number of aryl methyl sites for hydroxylation is 1. The van der Waals surface area contributed by atoms with Crippen LogP contribution in [0.5, 0.6) is 0 Å². The molecule has 106 valence electrons. The summed E-state index contributed by atoms with van der Waals surface area (Å²) in [6.07, 6.45) is 0. The van der Waals surface area contributed by atoms with E-state index in [1.165, 1.54) is 12.1 Å². The van der Waals surface area contributed by atoms with Gasteiger partial charge in [-0.05, 0) is 24.6 Å². The van der Waals surface area contributed by atoms with Crippen LogP contribution in [0.15, 0.2) is 59.5 Å². The van der Waals surface area contributed by atoms with Crippen molar-refractivity contribution >= 4 is 9.84 Å². The summed E-state index contributed by atoms with van der Waals surface area (Å²) < 4.78 is 33.1. The number of benzene rings is 2. The van der Waals surface area contributed by atoms with E-state index in [4.69, 9.17) is 1.37 Å². The maximum Gasteiger partial charge on any atom is 0.179 e. The average molecular weight is 291 g/mol. The minimum atomic E-state index is -3.81. The van der Waals surface area contributed by atoms with Gasteiger partial charge in [0, 0.05) is 7.29 Å². The lowest BCUT2D eigenvalue weighted by Crippen LogP contribution is -2.18. The minimum absolute atomic E-state index is 0.113. The van der Waals surface area contributed by atoms with Gasteiger partial charge in [0.2, 0.25) is 0 Å². The number of hydrogen-bond acceptors (Lipinski definition) is 3. The summed E-state index contributed by atoms with van der Waals surface area (Å²) in [7, 11) is -3.81. The Labute approximate surface area is 121 Å². The zero-order valence-corrected chi connectivity index (χ0v) is 12.0. The van der Waals surface area contributed by atoms with Crippen molar-refractivity contribution in [1.29, 1.82) is 0 Å². The second kappa shape index (κ2) is 6.20. The molecule has 0 aromatic heterocycles. The highest BCUT2D eigenvalue weighted by molar-refractivity contribution is 7.91. The molecule has 0 spiro atoms. The number of hydrogen-bond donors (Lipinski definition) is 1. The average Bonchev–Trinajstić information content (AvgIpc) is 2.49. The van der Waals surface area contributed by atoms with Crippen LogP contribution in [0.2, 0.25) is 0 Å². The molecule has 4 heteroatoms. The van der Waals surface area contributed by atoms with E-state index in [2.05, 4.69) is 0 Å². The molecule has 3 nitrogen and oxygen atoms in total. The van der Waals surface area contributed by atoms with Crippen LogP contribution in [0.25, 0.3) is 0 Å². The van der Waals surface area contributed by atoms with Crippen LogP contribution in [-0.2, 0) is 9.84 Å². The standard InChI is InChI=1S/C16H18O3S/c1-13-7-9-16(10-8-13)20(18,19)12-15(11-17)14-5-3-2-4-6-14/h2-10,15,17H,11-12H2,1H3/i12D. The van der Waals surface area contributed by atoms with Gasteiger partial charge in [0.1, 0.15) is 0 Å². The van der Waals surface area contributed by atoms with Crippen molar-refractivity contribution in [3.8, 4) is 0 Å². The quantitative estimate of drug-likeness (QED) is 0.921.